The van der Waals surface area contributed by atoms with E-state index in [-0.39, 0.29) is 12.6 Å². The summed E-state index contributed by atoms with van der Waals surface area (Å²) in [6, 6.07) is 0.647. The Morgan fingerprint density at radius 1 is 1.23 bits per heavy atom. The zero-order valence-electron chi connectivity index (χ0n) is 11.8. The molecule has 0 saturated heterocycles. The molecule has 0 bridgehead atoms. The molecule has 0 aromatic heterocycles. The second-order valence-electron chi connectivity index (χ2n) is 4.76. The highest BCUT2D eigenvalue weighted by atomic mass is 19.2. The third-order valence-corrected chi connectivity index (χ3v) is 3.07. The number of carbonyl (C=O) groups excluding carboxylic acids is 2. The summed E-state index contributed by atoms with van der Waals surface area (Å²) in [4.78, 5) is 24.7. The number of benzene rings is 1. The molecule has 0 atom stereocenters. The van der Waals surface area contributed by atoms with Gasteiger partial charge in [-0.2, -0.15) is 0 Å². The Kier molecular flexibility index (Phi) is 4.85. The topological polar surface area (TPSA) is 46.6 Å². The van der Waals surface area contributed by atoms with Gasteiger partial charge >= 0.3 is 5.97 Å². The largest absolute Gasteiger partial charge is 0.463 e. The molecule has 1 aliphatic carbocycles. The van der Waals surface area contributed by atoms with Crippen LogP contribution in [0.5, 0.6) is 0 Å². The van der Waals surface area contributed by atoms with Crippen molar-refractivity contribution in [2.24, 2.45) is 0 Å². The van der Waals surface area contributed by atoms with E-state index < -0.39 is 34.9 Å². The van der Waals surface area contributed by atoms with E-state index in [1.807, 2.05) is 0 Å². The lowest BCUT2D eigenvalue weighted by Crippen LogP contribution is -2.29. The fourth-order valence-corrected chi connectivity index (χ4v) is 1.87. The van der Waals surface area contributed by atoms with E-state index in [4.69, 9.17) is 0 Å². The molecule has 1 saturated carbocycles. The molecule has 0 spiro atoms. The molecule has 2 rings (SSSR count). The van der Waals surface area contributed by atoms with Gasteiger partial charge in [-0.05, 0) is 25.8 Å². The van der Waals surface area contributed by atoms with Crippen molar-refractivity contribution in [1.82, 2.24) is 4.90 Å². The second kappa shape index (κ2) is 6.64. The summed E-state index contributed by atoms with van der Waals surface area (Å²) >= 11 is 0. The number of carbonyl (C=O) groups is 2. The monoisotopic (exact) mass is 313 g/mol. The van der Waals surface area contributed by atoms with Crippen molar-refractivity contribution in [1.29, 1.82) is 0 Å². The molecule has 0 unspecified atom stereocenters. The second-order valence-corrected chi connectivity index (χ2v) is 4.76. The van der Waals surface area contributed by atoms with Crippen LogP contribution in [0, 0.1) is 17.5 Å². The third kappa shape index (κ3) is 3.66. The van der Waals surface area contributed by atoms with Gasteiger partial charge < -0.3 is 9.64 Å². The average Bonchev–Trinajstić information content (AvgIpc) is 3.28. The number of rotatable bonds is 5. The van der Waals surface area contributed by atoms with Crippen molar-refractivity contribution in [2.75, 3.05) is 6.61 Å². The minimum atomic E-state index is -1.37. The van der Waals surface area contributed by atoms with Gasteiger partial charge in [-0.3, -0.25) is 4.79 Å². The quantitative estimate of drug-likeness (QED) is 0.477. The van der Waals surface area contributed by atoms with Crippen molar-refractivity contribution in [3.05, 3.63) is 47.4 Å². The van der Waals surface area contributed by atoms with E-state index in [2.05, 4.69) is 4.74 Å². The lowest BCUT2D eigenvalue weighted by molar-refractivity contribution is -0.137. The highest BCUT2D eigenvalue weighted by Gasteiger charge is 2.33. The number of hydrogen-bond acceptors (Lipinski definition) is 3. The maximum absolute atomic E-state index is 13.7. The molecule has 1 fully saturated rings. The first kappa shape index (κ1) is 16.1. The standard InChI is InChI=1S/C15H14F3NO3/c1-2-22-14(20)5-6-19(9-3-4-9)15(21)10-7-12(17)13(18)8-11(10)16/h5-9H,2-4H2,1H3/b6-5+. The Morgan fingerprint density at radius 2 is 1.86 bits per heavy atom. The predicted molar refractivity (Wildman–Crippen MR) is 71.3 cm³/mol. The van der Waals surface area contributed by atoms with E-state index in [9.17, 15) is 22.8 Å². The maximum atomic E-state index is 13.7. The van der Waals surface area contributed by atoms with Gasteiger partial charge in [-0.1, -0.05) is 0 Å². The van der Waals surface area contributed by atoms with Crippen LogP contribution in [0.4, 0.5) is 13.2 Å². The summed E-state index contributed by atoms with van der Waals surface area (Å²) in [5.74, 6) is -5.31. The fraction of sp³-hybridized carbons (Fsp3) is 0.333. The lowest BCUT2D eigenvalue weighted by Gasteiger charge is -2.18. The molecule has 1 aliphatic rings. The van der Waals surface area contributed by atoms with Crippen LogP contribution in [0.1, 0.15) is 30.1 Å². The zero-order chi connectivity index (χ0) is 16.3. The number of hydrogen-bond donors (Lipinski definition) is 0. The third-order valence-electron chi connectivity index (χ3n) is 3.07. The first-order valence-corrected chi connectivity index (χ1v) is 6.76. The first-order chi connectivity index (χ1) is 10.4. The Balaban J connectivity index is 2.24. The molecule has 7 heteroatoms. The van der Waals surface area contributed by atoms with E-state index in [1.165, 1.54) is 6.20 Å². The zero-order valence-corrected chi connectivity index (χ0v) is 11.8. The molecular formula is C15H14F3NO3. The fourth-order valence-electron chi connectivity index (χ4n) is 1.87. The smallest absolute Gasteiger partial charge is 0.332 e. The summed E-state index contributed by atoms with van der Waals surface area (Å²) < 4.78 is 44.5. The van der Waals surface area contributed by atoms with Gasteiger partial charge in [-0.25, -0.2) is 18.0 Å². The van der Waals surface area contributed by atoms with Crippen molar-refractivity contribution >= 4 is 11.9 Å². The molecule has 1 aromatic carbocycles. The highest BCUT2D eigenvalue weighted by molar-refractivity contribution is 5.96. The van der Waals surface area contributed by atoms with Crippen LogP contribution in [-0.2, 0) is 9.53 Å². The molecule has 4 nitrogen and oxygen atoms in total. The van der Waals surface area contributed by atoms with E-state index in [1.54, 1.807) is 6.92 Å². The Bertz CT molecular complexity index is 627. The SMILES string of the molecule is CCOC(=O)/C=C/N(C(=O)c1cc(F)c(F)cc1F)C1CC1. The van der Waals surface area contributed by atoms with Crippen molar-refractivity contribution < 1.29 is 27.5 Å². The normalized spacial score (nSPS) is 14.2. The Labute approximate surface area is 125 Å². The van der Waals surface area contributed by atoms with Gasteiger partial charge in [0.05, 0.1) is 12.2 Å². The van der Waals surface area contributed by atoms with Crippen LogP contribution in [0.25, 0.3) is 0 Å². The summed E-state index contributed by atoms with van der Waals surface area (Å²) in [7, 11) is 0. The molecule has 118 valence electrons. The molecule has 1 amide bonds. The summed E-state index contributed by atoms with van der Waals surface area (Å²) in [5.41, 5.74) is -0.584. The average molecular weight is 313 g/mol. The van der Waals surface area contributed by atoms with E-state index in [0.717, 1.165) is 11.0 Å². The first-order valence-electron chi connectivity index (χ1n) is 6.76. The summed E-state index contributed by atoms with van der Waals surface area (Å²) in [6.07, 6.45) is 3.59. The van der Waals surface area contributed by atoms with Crippen LogP contribution in [0.3, 0.4) is 0 Å². The number of amides is 1. The molecule has 22 heavy (non-hydrogen) atoms. The number of esters is 1. The molecule has 0 aliphatic heterocycles. The van der Waals surface area contributed by atoms with Crippen LogP contribution >= 0.6 is 0 Å². The van der Waals surface area contributed by atoms with Crippen molar-refractivity contribution in [3.63, 3.8) is 0 Å². The Morgan fingerprint density at radius 3 is 2.45 bits per heavy atom. The van der Waals surface area contributed by atoms with Crippen LogP contribution in [-0.4, -0.2) is 29.4 Å². The molecular weight excluding hydrogens is 299 g/mol. The van der Waals surface area contributed by atoms with Gasteiger partial charge in [0.25, 0.3) is 5.91 Å². The molecule has 0 N–H and O–H groups in total. The van der Waals surface area contributed by atoms with Gasteiger partial charge in [0.15, 0.2) is 11.6 Å². The van der Waals surface area contributed by atoms with Gasteiger partial charge in [-0.15, -0.1) is 0 Å². The van der Waals surface area contributed by atoms with Crippen molar-refractivity contribution in [2.45, 2.75) is 25.8 Å². The minimum Gasteiger partial charge on any atom is -0.463 e. The predicted octanol–water partition coefficient (Wildman–Crippen LogP) is 2.79. The van der Waals surface area contributed by atoms with Crippen LogP contribution in [0.2, 0.25) is 0 Å². The highest BCUT2D eigenvalue weighted by Crippen LogP contribution is 2.29. The summed E-state index contributed by atoms with van der Waals surface area (Å²) in [6.45, 7) is 1.81. The van der Waals surface area contributed by atoms with Gasteiger partial charge in [0.2, 0.25) is 0 Å². The van der Waals surface area contributed by atoms with Gasteiger partial charge in [0, 0.05) is 24.4 Å². The maximum Gasteiger partial charge on any atom is 0.332 e. The summed E-state index contributed by atoms with van der Waals surface area (Å²) in [5, 5.41) is 0. The van der Waals surface area contributed by atoms with Crippen molar-refractivity contribution in [3.8, 4) is 0 Å². The molecule has 0 heterocycles. The van der Waals surface area contributed by atoms with Gasteiger partial charge in [0.1, 0.15) is 5.82 Å². The van der Waals surface area contributed by atoms with Crippen LogP contribution < -0.4 is 0 Å². The van der Waals surface area contributed by atoms with E-state index >= 15 is 0 Å². The van der Waals surface area contributed by atoms with E-state index in [0.29, 0.717) is 25.0 Å². The number of halogens is 3. The number of nitrogens with zero attached hydrogens (tertiary/aromatic N) is 1. The molecule has 0 radical (unpaired) electrons. The lowest BCUT2D eigenvalue weighted by atomic mass is 10.1. The minimum absolute atomic E-state index is 0.179. The van der Waals surface area contributed by atoms with Crippen LogP contribution in [0.15, 0.2) is 24.4 Å². The molecule has 1 aromatic rings. The Hall–Kier alpha value is -2.31. The number of ether oxygens (including phenoxy) is 1.